The quantitative estimate of drug-likeness (QED) is 0.775. The molecule has 2 aromatic rings. The van der Waals surface area contributed by atoms with Crippen molar-refractivity contribution in [3.05, 3.63) is 42.7 Å². The van der Waals surface area contributed by atoms with E-state index in [4.69, 9.17) is 0 Å². The molecule has 1 unspecified atom stereocenters. The first kappa shape index (κ1) is 14.3. The van der Waals surface area contributed by atoms with Crippen molar-refractivity contribution in [1.29, 1.82) is 0 Å². The number of hydrogen-bond acceptors (Lipinski definition) is 3. The van der Waals surface area contributed by atoms with Crippen molar-refractivity contribution in [2.45, 2.75) is 32.7 Å². The molecule has 0 aliphatic rings. The molecule has 0 saturated carbocycles. The highest BCUT2D eigenvalue weighted by atomic mass is 79.9. The highest BCUT2D eigenvalue weighted by Crippen LogP contribution is 2.30. The van der Waals surface area contributed by atoms with Crippen LogP contribution in [-0.4, -0.2) is 6.54 Å². The Balaban J connectivity index is 2.17. The summed E-state index contributed by atoms with van der Waals surface area (Å²) in [6.45, 7) is 5.42. The van der Waals surface area contributed by atoms with Crippen molar-refractivity contribution in [2.24, 2.45) is 0 Å². The third-order valence-electron chi connectivity index (χ3n) is 2.96. The Kier molecular flexibility index (Phi) is 5.42. The molecule has 1 N–H and O–H groups in total. The highest BCUT2D eigenvalue weighted by Gasteiger charge is 2.16. The molecule has 2 heterocycles. The predicted molar refractivity (Wildman–Crippen MR) is 85.8 cm³/mol. The summed E-state index contributed by atoms with van der Waals surface area (Å²) in [6, 6.07) is 4.94. The molecule has 1 nitrogen and oxygen atoms in total. The summed E-state index contributed by atoms with van der Waals surface area (Å²) in [7, 11) is 0. The summed E-state index contributed by atoms with van der Waals surface area (Å²) in [6.07, 6.45) is 2.20. The van der Waals surface area contributed by atoms with E-state index < -0.39 is 0 Å². The van der Waals surface area contributed by atoms with E-state index in [2.05, 4.69) is 58.0 Å². The van der Waals surface area contributed by atoms with Gasteiger partial charge in [0.05, 0.1) is 0 Å². The lowest BCUT2D eigenvalue weighted by atomic mass is 10.1. The Morgan fingerprint density at radius 3 is 2.78 bits per heavy atom. The molecule has 4 heteroatoms. The summed E-state index contributed by atoms with van der Waals surface area (Å²) in [5.74, 6) is 0. The molecule has 0 bridgehead atoms. The molecular weight excluding hydrogens is 326 g/mol. The van der Waals surface area contributed by atoms with Gasteiger partial charge in [-0.05, 0) is 52.0 Å². The molecule has 0 amide bonds. The largest absolute Gasteiger partial charge is 0.309 e. The monoisotopic (exact) mass is 343 g/mol. The fraction of sp³-hybridized carbons (Fsp3) is 0.429. The topological polar surface area (TPSA) is 12.0 Å². The van der Waals surface area contributed by atoms with Crippen LogP contribution in [0.2, 0.25) is 0 Å². The first-order chi connectivity index (χ1) is 8.74. The Bertz CT molecular complexity index is 489. The van der Waals surface area contributed by atoms with Gasteiger partial charge >= 0.3 is 0 Å². The van der Waals surface area contributed by atoms with Crippen LogP contribution in [0.25, 0.3) is 0 Å². The van der Waals surface area contributed by atoms with Gasteiger partial charge in [0.1, 0.15) is 0 Å². The van der Waals surface area contributed by atoms with Crippen molar-refractivity contribution in [3.8, 4) is 0 Å². The molecule has 0 radical (unpaired) electrons. The van der Waals surface area contributed by atoms with Crippen LogP contribution in [0.3, 0.4) is 0 Å². The van der Waals surface area contributed by atoms with Crippen LogP contribution in [0.1, 0.15) is 35.2 Å². The van der Waals surface area contributed by atoms with Gasteiger partial charge in [-0.1, -0.05) is 13.8 Å². The van der Waals surface area contributed by atoms with E-state index in [0.717, 1.165) is 19.4 Å². The van der Waals surface area contributed by atoms with Crippen molar-refractivity contribution < 1.29 is 0 Å². The molecule has 2 aromatic heterocycles. The van der Waals surface area contributed by atoms with Crippen LogP contribution >= 0.6 is 38.6 Å². The number of rotatable bonds is 6. The number of halogens is 1. The minimum atomic E-state index is 0.454. The van der Waals surface area contributed by atoms with E-state index in [9.17, 15) is 0 Å². The van der Waals surface area contributed by atoms with Crippen LogP contribution in [0, 0.1) is 0 Å². The van der Waals surface area contributed by atoms with E-state index in [0.29, 0.717) is 6.04 Å². The highest BCUT2D eigenvalue weighted by molar-refractivity contribution is 9.10. The van der Waals surface area contributed by atoms with Crippen LogP contribution in [0.15, 0.2) is 27.4 Å². The van der Waals surface area contributed by atoms with Gasteiger partial charge < -0.3 is 5.32 Å². The third kappa shape index (κ3) is 3.44. The number of nitrogens with one attached hydrogen (secondary N) is 1. The van der Waals surface area contributed by atoms with Gasteiger partial charge in [0.25, 0.3) is 0 Å². The fourth-order valence-corrected chi connectivity index (χ4v) is 4.68. The summed E-state index contributed by atoms with van der Waals surface area (Å²) in [5.41, 5.74) is 1.49. The van der Waals surface area contributed by atoms with Crippen molar-refractivity contribution >= 4 is 38.6 Å². The molecule has 0 saturated heterocycles. The van der Waals surface area contributed by atoms with Crippen LogP contribution < -0.4 is 5.32 Å². The Morgan fingerprint density at radius 1 is 1.33 bits per heavy atom. The zero-order chi connectivity index (χ0) is 13.0. The molecule has 0 aliphatic carbocycles. The van der Waals surface area contributed by atoms with E-state index in [1.165, 1.54) is 19.8 Å². The Labute approximate surface area is 125 Å². The van der Waals surface area contributed by atoms with E-state index in [1.807, 2.05) is 22.7 Å². The Hall–Kier alpha value is -0.160. The van der Waals surface area contributed by atoms with Crippen LogP contribution in [-0.2, 0) is 12.8 Å². The maximum atomic E-state index is 3.62. The first-order valence-corrected chi connectivity index (χ1v) is 8.82. The summed E-state index contributed by atoms with van der Waals surface area (Å²) >= 11 is 7.24. The SMILES string of the molecule is CCNC(Cc1cc(Br)cs1)c1sccc1CC. The molecular formula is C14H18BrNS2. The summed E-state index contributed by atoms with van der Waals surface area (Å²) in [5, 5.41) is 7.99. The van der Waals surface area contributed by atoms with Crippen molar-refractivity contribution in [1.82, 2.24) is 5.32 Å². The average Bonchev–Trinajstić information content (AvgIpc) is 2.97. The standard InChI is InChI=1S/C14H18BrNS2/c1-3-10-5-6-17-14(10)13(16-4-2)8-12-7-11(15)9-18-12/h5-7,9,13,16H,3-4,8H2,1-2H3. The molecule has 18 heavy (non-hydrogen) atoms. The zero-order valence-corrected chi connectivity index (χ0v) is 13.9. The molecule has 0 aromatic carbocycles. The van der Waals surface area contributed by atoms with Gasteiger partial charge in [0.15, 0.2) is 0 Å². The lowest BCUT2D eigenvalue weighted by molar-refractivity contribution is 0.558. The first-order valence-electron chi connectivity index (χ1n) is 6.27. The minimum Gasteiger partial charge on any atom is -0.309 e. The number of aryl methyl sites for hydroxylation is 1. The predicted octanol–water partition coefficient (Wildman–Crippen LogP) is 5.03. The van der Waals surface area contributed by atoms with E-state index in [-0.39, 0.29) is 0 Å². The molecule has 0 spiro atoms. The van der Waals surface area contributed by atoms with E-state index in [1.54, 1.807) is 0 Å². The van der Waals surface area contributed by atoms with Gasteiger partial charge in [-0.25, -0.2) is 0 Å². The van der Waals surface area contributed by atoms with Gasteiger partial charge in [-0.15, -0.1) is 22.7 Å². The molecule has 0 aliphatic heterocycles. The maximum Gasteiger partial charge on any atom is 0.0466 e. The molecule has 2 rings (SSSR count). The van der Waals surface area contributed by atoms with Crippen LogP contribution in [0.4, 0.5) is 0 Å². The second-order valence-electron chi connectivity index (χ2n) is 4.21. The second kappa shape index (κ2) is 6.85. The average molecular weight is 344 g/mol. The maximum absolute atomic E-state index is 3.62. The van der Waals surface area contributed by atoms with E-state index >= 15 is 0 Å². The van der Waals surface area contributed by atoms with Gasteiger partial charge in [-0.3, -0.25) is 0 Å². The lowest BCUT2D eigenvalue weighted by Crippen LogP contribution is -2.22. The number of thiophene rings is 2. The van der Waals surface area contributed by atoms with Gasteiger partial charge in [-0.2, -0.15) is 0 Å². The van der Waals surface area contributed by atoms with Crippen molar-refractivity contribution in [3.63, 3.8) is 0 Å². The third-order valence-corrected chi connectivity index (χ3v) is 5.75. The van der Waals surface area contributed by atoms with Gasteiger partial charge in [0.2, 0.25) is 0 Å². The fourth-order valence-electron chi connectivity index (χ4n) is 2.11. The Morgan fingerprint density at radius 2 is 2.17 bits per heavy atom. The van der Waals surface area contributed by atoms with Crippen LogP contribution in [0.5, 0.6) is 0 Å². The molecule has 98 valence electrons. The van der Waals surface area contributed by atoms with Crippen molar-refractivity contribution in [2.75, 3.05) is 6.54 Å². The summed E-state index contributed by atoms with van der Waals surface area (Å²) < 4.78 is 1.19. The summed E-state index contributed by atoms with van der Waals surface area (Å²) in [4.78, 5) is 2.94. The second-order valence-corrected chi connectivity index (χ2v) is 7.07. The zero-order valence-electron chi connectivity index (χ0n) is 10.7. The molecule has 0 fully saturated rings. The normalized spacial score (nSPS) is 12.8. The lowest BCUT2D eigenvalue weighted by Gasteiger charge is -2.17. The number of likely N-dealkylation sites (N-methyl/N-ethyl adjacent to an activating group) is 1. The molecule has 1 atom stereocenters. The minimum absolute atomic E-state index is 0.454. The number of hydrogen-bond donors (Lipinski definition) is 1. The van der Waals surface area contributed by atoms with Gasteiger partial charge in [0, 0.05) is 32.1 Å². The smallest absolute Gasteiger partial charge is 0.0466 e.